The van der Waals surface area contributed by atoms with Crippen LogP contribution in [0.15, 0.2) is 34.2 Å². The molecule has 5 heteroatoms. The van der Waals surface area contributed by atoms with Crippen molar-refractivity contribution >= 4 is 15.9 Å². The maximum Gasteiger partial charge on any atom is 0.263 e. The minimum atomic E-state index is -3.41. The molecule has 1 fully saturated rings. The quantitative estimate of drug-likeness (QED) is 0.911. The highest BCUT2D eigenvalue weighted by Gasteiger charge is 2.31. The number of rotatable bonds is 2. The minimum Gasteiger partial charge on any atom is -0.264 e. The molecule has 2 aliphatic rings. The molecule has 108 valence electrons. The highest BCUT2D eigenvalue weighted by Crippen LogP contribution is 2.30. The second-order valence-electron chi connectivity index (χ2n) is 5.67. The van der Waals surface area contributed by atoms with Crippen LogP contribution >= 0.6 is 0 Å². The van der Waals surface area contributed by atoms with Gasteiger partial charge < -0.3 is 0 Å². The van der Waals surface area contributed by atoms with Crippen LogP contribution in [-0.4, -0.2) is 20.3 Å². The molecule has 3 rings (SSSR count). The van der Waals surface area contributed by atoms with Crippen LogP contribution in [0.25, 0.3) is 0 Å². The van der Waals surface area contributed by atoms with E-state index in [0.717, 1.165) is 18.8 Å². The van der Waals surface area contributed by atoms with Gasteiger partial charge in [-0.2, -0.15) is 0 Å². The molecule has 4 nitrogen and oxygen atoms in total. The Morgan fingerprint density at radius 3 is 2.90 bits per heavy atom. The molecule has 1 aliphatic carbocycles. The molecule has 0 aromatic heterocycles. The number of fused-ring (bicyclic) bond motifs is 1. The summed E-state index contributed by atoms with van der Waals surface area (Å²) >= 11 is 0. The van der Waals surface area contributed by atoms with E-state index in [4.69, 9.17) is 4.99 Å². The number of nitrogens with zero attached hydrogens (tertiary/aromatic N) is 1. The van der Waals surface area contributed by atoms with Gasteiger partial charge in [0, 0.05) is 5.56 Å². The molecule has 0 bridgehead atoms. The van der Waals surface area contributed by atoms with E-state index in [1.807, 2.05) is 12.1 Å². The molecule has 1 saturated carbocycles. The van der Waals surface area contributed by atoms with E-state index in [2.05, 4.69) is 11.6 Å². The van der Waals surface area contributed by atoms with E-state index in [0.29, 0.717) is 16.3 Å². The summed E-state index contributed by atoms with van der Waals surface area (Å²) in [5.74, 6) is 1.26. The standard InChI is InChI=1S/C15H20N2O2S/c1-2-11-6-5-7-12(10-11)16-15-13-8-3-4-9-14(13)20(18,19)17-15/h3-4,8-9,11-12H,2,5-7,10H2,1H3,(H,16,17). The summed E-state index contributed by atoms with van der Waals surface area (Å²) in [4.78, 5) is 5.05. The monoisotopic (exact) mass is 292 g/mol. The summed E-state index contributed by atoms with van der Waals surface area (Å²) in [5.41, 5.74) is 0.714. The van der Waals surface area contributed by atoms with Gasteiger partial charge in [-0.25, -0.2) is 8.42 Å². The van der Waals surface area contributed by atoms with Crippen molar-refractivity contribution in [2.45, 2.75) is 50.0 Å². The van der Waals surface area contributed by atoms with Crippen molar-refractivity contribution in [1.82, 2.24) is 4.72 Å². The molecule has 1 aromatic rings. The Hall–Kier alpha value is -1.36. The Balaban J connectivity index is 1.90. The largest absolute Gasteiger partial charge is 0.264 e. The number of hydrogen-bond acceptors (Lipinski definition) is 3. The molecule has 0 saturated heterocycles. The molecule has 20 heavy (non-hydrogen) atoms. The van der Waals surface area contributed by atoms with Crippen LogP contribution in [0, 0.1) is 5.92 Å². The Morgan fingerprint density at radius 1 is 1.30 bits per heavy atom. The molecule has 0 spiro atoms. The molecular weight excluding hydrogens is 272 g/mol. The fourth-order valence-corrected chi connectivity index (χ4v) is 4.40. The van der Waals surface area contributed by atoms with E-state index in [9.17, 15) is 8.42 Å². The number of aliphatic imine (C=N–C) groups is 1. The van der Waals surface area contributed by atoms with Gasteiger partial charge in [0.2, 0.25) is 0 Å². The normalized spacial score (nSPS) is 29.9. The predicted octanol–water partition coefficient (Wildman–Crippen LogP) is 2.69. The highest BCUT2D eigenvalue weighted by atomic mass is 32.2. The van der Waals surface area contributed by atoms with Gasteiger partial charge in [0.1, 0.15) is 5.84 Å². The van der Waals surface area contributed by atoms with Crippen molar-refractivity contribution < 1.29 is 8.42 Å². The fraction of sp³-hybridized carbons (Fsp3) is 0.533. The Labute approximate surface area is 120 Å². The minimum absolute atomic E-state index is 0.248. The molecule has 1 N–H and O–H groups in total. The first-order valence-electron chi connectivity index (χ1n) is 7.30. The molecule has 1 heterocycles. The van der Waals surface area contributed by atoms with Crippen LogP contribution in [0.5, 0.6) is 0 Å². The lowest BCUT2D eigenvalue weighted by Gasteiger charge is -2.26. The zero-order valence-electron chi connectivity index (χ0n) is 11.7. The van der Waals surface area contributed by atoms with Crippen molar-refractivity contribution in [3.05, 3.63) is 29.8 Å². The molecule has 0 amide bonds. The van der Waals surface area contributed by atoms with Crippen LogP contribution in [-0.2, 0) is 10.0 Å². The van der Waals surface area contributed by atoms with Crippen LogP contribution in [0.1, 0.15) is 44.6 Å². The summed E-state index contributed by atoms with van der Waals surface area (Å²) in [6.07, 6.45) is 5.78. The van der Waals surface area contributed by atoms with E-state index >= 15 is 0 Å². The van der Waals surface area contributed by atoms with E-state index in [1.54, 1.807) is 12.1 Å². The summed E-state index contributed by atoms with van der Waals surface area (Å²) in [6, 6.07) is 7.31. The summed E-state index contributed by atoms with van der Waals surface area (Å²) in [6.45, 7) is 2.22. The van der Waals surface area contributed by atoms with Gasteiger partial charge in [0.05, 0.1) is 10.9 Å². The molecule has 2 unspecified atom stereocenters. The maximum absolute atomic E-state index is 12.0. The van der Waals surface area contributed by atoms with Crippen molar-refractivity contribution in [2.24, 2.45) is 10.9 Å². The average molecular weight is 292 g/mol. The third-order valence-corrected chi connectivity index (χ3v) is 5.70. The van der Waals surface area contributed by atoms with Crippen molar-refractivity contribution in [1.29, 1.82) is 0 Å². The summed E-state index contributed by atoms with van der Waals surface area (Å²) in [7, 11) is -3.41. The van der Waals surface area contributed by atoms with E-state index < -0.39 is 10.0 Å². The van der Waals surface area contributed by atoms with E-state index in [1.165, 1.54) is 19.3 Å². The number of sulfonamides is 1. The van der Waals surface area contributed by atoms with Crippen LogP contribution in [0.4, 0.5) is 0 Å². The van der Waals surface area contributed by atoms with Gasteiger partial charge in [0.25, 0.3) is 10.0 Å². The first kappa shape index (κ1) is 13.6. The lowest BCUT2D eigenvalue weighted by Crippen LogP contribution is -2.26. The predicted molar refractivity (Wildman–Crippen MR) is 79.3 cm³/mol. The Morgan fingerprint density at radius 2 is 2.10 bits per heavy atom. The van der Waals surface area contributed by atoms with Gasteiger partial charge in [0.15, 0.2) is 0 Å². The lowest BCUT2D eigenvalue weighted by atomic mass is 9.84. The maximum atomic E-state index is 12.0. The Bertz CT molecular complexity index is 637. The number of benzene rings is 1. The van der Waals surface area contributed by atoms with Gasteiger partial charge in [-0.05, 0) is 30.9 Å². The second kappa shape index (κ2) is 5.20. The van der Waals surface area contributed by atoms with Crippen molar-refractivity contribution in [3.8, 4) is 0 Å². The van der Waals surface area contributed by atoms with Crippen molar-refractivity contribution in [2.75, 3.05) is 0 Å². The average Bonchev–Trinajstić information content (AvgIpc) is 2.71. The number of hydrogen-bond donors (Lipinski definition) is 1. The van der Waals surface area contributed by atoms with E-state index in [-0.39, 0.29) is 6.04 Å². The lowest BCUT2D eigenvalue weighted by molar-refractivity contribution is 0.316. The fourth-order valence-electron chi connectivity index (χ4n) is 3.16. The second-order valence-corrected chi connectivity index (χ2v) is 7.32. The highest BCUT2D eigenvalue weighted by molar-refractivity contribution is 7.90. The SMILES string of the molecule is CCC1CCCC(N=C2NS(=O)(=O)c3ccccc32)C1. The Kier molecular flexibility index (Phi) is 3.54. The van der Waals surface area contributed by atoms with Gasteiger partial charge >= 0.3 is 0 Å². The first-order chi connectivity index (χ1) is 9.60. The van der Waals surface area contributed by atoms with Gasteiger partial charge in [-0.15, -0.1) is 0 Å². The zero-order chi connectivity index (χ0) is 14.2. The zero-order valence-corrected chi connectivity index (χ0v) is 12.5. The van der Waals surface area contributed by atoms with Gasteiger partial charge in [-0.3, -0.25) is 9.71 Å². The van der Waals surface area contributed by atoms with Crippen molar-refractivity contribution in [3.63, 3.8) is 0 Å². The third-order valence-electron chi connectivity index (χ3n) is 4.31. The first-order valence-corrected chi connectivity index (χ1v) is 8.78. The smallest absolute Gasteiger partial charge is 0.263 e. The number of amidine groups is 1. The van der Waals surface area contributed by atoms with Crippen LogP contribution < -0.4 is 4.72 Å². The van der Waals surface area contributed by atoms with Gasteiger partial charge in [-0.1, -0.05) is 38.3 Å². The molecular formula is C15H20N2O2S. The van der Waals surface area contributed by atoms with Crippen LogP contribution in [0.2, 0.25) is 0 Å². The topological polar surface area (TPSA) is 58.5 Å². The molecule has 1 aromatic carbocycles. The number of nitrogens with one attached hydrogen (secondary N) is 1. The molecule has 2 atom stereocenters. The summed E-state index contributed by atoms with van der Waals surface area (Å²) < 4.78 is 26.7. The molecule has 0 radical (unpaired) electrons. The summed E-state index contributed by atoms with van der Waals surface area (Å²) in [5, 5.41) is 0. The third kappa shape index (κ3) is 2.46. The van der Waals surface area contributed by atoms with Crippen LogP contribution in [0.3, 0.4) is 0 Å². The molecule has 1 aliphatic heterocycles.